The summed E-state index contributed by atoms with van der Waals surface area (Å²) in [4.78, 5) is 4.17. The second kappa shape index (κ2) is 12.9. The van der Waals surface area contributed by atoms with E-state index in [4.69, 9.17) is 0 Å². The molecule has 0 saturated carbocycles. The first kappa shape index (κ1) is 18.9. The van der Waals surface area contributed by atoms with Crippen LogP contribution in [0.1, 0.15) is 33.3 Å². The summed E-state index contributed by atoms with van der Waals surface area (Å²) < 4.78 is 0. The van der Waals surface area contributed by atoms with E-state index in [2.05, 4.69) is 42.8 Å². The molecular formula is C20H27N. The predicted octanol–water partition coefficient (Wildman–Crippen LogP) is 5.92. The van der Waals surface area contributed by atoms with Crippen LogP contribution in [-0.4, -0.2) is 5.71 Å². The van der Waals surface area contributed by atoms with Crippen LogP contribution in [0, 0.1) is 0 Å². The summed E-state index contributed by atoms with van der Waals surface area (Å²) in [6, 6.07) is 10.5. The first-order valence-corrected chi connectivity index (χ1v) is 7.34. The fourth-order valence-electron chi connectivity index (χ4n) is 1.45. The third-order valence-electron chi connectivity index (χ3n) is 2.76. The molecule has 0 N–H and O–H groups in total. The van der Waals surface area contributed by atoms with Gasteiger partial charge in [-0.05, 0) is 44.4 Å². The summed E-state index contributed by atoms with van der Waals surface area (Å²) in [5.74, 6) is 0. The van der Waals surface area contributed by atoms with Crippen molar-refractivity contribution in [1.82, 2.24) is 0 Å². The number of nitrogens with zero attached hydrogens (tertiary/aromatic N) is 1. The van der Waals surface area contributed by atoms with E-state index in [1.54, 1.807) is 6.20 Å². The summed E-state index contributed by atoms with van der Waals surface area (Å²) >= 11 is 0. The average molecular weight is 281 g/mol. The maximum absolute atomic E-state index is 4.17. The molecule has 0 saturated heterocycles. The molecule has 0 aliphatic carbocycles. The van der Waals surface area contributed by atoms with Gasteiger partial charge in [-0.2, -0.15) is 0 Å². The van der Waals surface area contributed by atoms with Crippen LogP contribution in [0.3, 0.4) is 0 Å². The first-order valence-electron chi connectivity index (χ1n) is 7.34. The third kappa shape index (κ3) is 10.3. The number of hydrogen-bond acceptors (Lipinski definition) is 1. The van der Waals surface area contributed by atoms with Crippen LogP contribution in [0.15, 0.2) is 84.1 Å². The van der Waals surface area contributed by atoms with Gasteiger partial charge in [-0.3, -0.25) is 4.99 Å². The minimum Gasteiger partial charge on any atom is -0.262 e. The molecule has 1 heteroatoms. The SMILES string of the molecule is C=CC(/C=C\C(C)=N/C=C\C)=C/C.CCc1ccccc1. The van der Waals surface area contributed by atoms with Gasteiger partial charge in [-0.25, -0.2) is 0 Å². The van der Waals surface area contributed by atoms with Gasteiger partial charge in [0.05, 0.1) is 0 Å². The van der Waals surface area contributed by atoms with Crippen molar-refractivity contribution in [3.8, 4) is 0 Å². The molecule has 1 aromatic rings. The molecule has 0 aliphatic rings. The molecule has 0 unspecified atom stereocenters. The van der Waals surface area contributed by atoms with Crippen LogP contribution in [-0.2, 0) is 6.42 Å². The van der Waals surface area contributed by atoms with Crippen molar-refractivity contribution in [1.29, 1.82) is 0 Å². The van der Waals surface area contributed by atoms with E-state index in [1.807, 2.05) is 57.2 Å². The molecular weight excluding hydrogens is 254 g/mol. The number of aliphatic imine (C=N–C) groups is 1. The quantitative estimate of drug-likeness (QED) is 0.469. The van der Waals surface area contributed by atoms with Crippen molar-refractivity contribution in [2.24, 2.45) is 4.99 Å². The van der Waals surface area contributed by atoms with Gasteiger partial charge in [0.25, 0.3) is 0 Å². The number of allylic oxidation sites excluding steroid dienone is 6. The van der Waals surface area contributed by atoms with Crippen LogP contribution in [0.4, 0.5) is 0 Å². The second-order valence-electron chi connectivity index (χ2n) is 4.42. The van der Waals surface area contributed by atoms with Crippen LogP contribution in [0.5, 0.6) is 0 Å². The zero-order chi connectivity index (χ0) is 15.9. The van der Waals surface area contributed by atoms with Gasteiger partial charge in [0.1, 0.15) is 0 Å². The summed E-state index contributed by atoms with van der Waals surface area (Å²) in [6.07, 6.45) is 12.6. The van der Waals surface area contributed by atoms with E-state index >= 15 is 0 Å². The van der Waals surface area contributed by atoms with E-state index < -0.39 is 0 Å². The zero-order valence-electron chi connectivity index (χ0n) is 13.7. The number of hydrogen-bond donors (Lipinski definition) is 0. The Morgan fingerprint density at radius 1 is 1.14 bits per heavy atom. The molecule has 0 fully saturated rings. The summed E-state index contributed by atoms with van der Waals surface area (Å²) in [6.45, 7) is 11.8. The molecule has 0 aliphatic heterocycles. The molecule has 1 aromatic carbocycles. The van der Waals surface area contributed by atoms with Gasteiger partial charge < -0.3 is 0 Å². The smallest absolute Gasteiger partial charge is 0.0372 e. The second-order valence-corrected chi connectivity index (χ2v) is 4.42. The van der Waals surface area contributed by atoms with Crippen LogP contribution in [0.25, 0.3) is 0 Å². The Morgan fingerprint density at radius 3 is 2.24 bits per heavy atom. The van der Waals surface area contributed by atoms with Gasteiger partial charge in [-0.15, -0.1) is 0 Å². The predicted molar refractivity (Wildman–Crippen MR) is 96.8 cm³/mol. The van der Waals surface area contributed by atoms with Crippen molar-refractivity contribution < 1.29 is 0 Å². The highest BCUT2D eigenvalue weighted by Crippen LogP contribution is 1.98. The molecule has 0 bridgehead atoms. The van der Waals surface area contributed by atoms with Crippen molar-refractivity contribution >= 4 is 5.71 Å². The Hall–Kier alpha value is -2.15. The minimum absolute atomic E-state index is 0.985. The lowest BCUT2D eigenvalue weighted by molar-refractivity contribution is 1.14. The largest absolute Gasteiger partial charge is 0.262 e. The van der Waals surface area contributed by atoms with Crippen molar-refractivity contribution in [3.63, 3.8) is 0 Å². The lowest BCUT2D eigenvalue weighted by Crippen LogP contribution is -1.82. The van der Waals surface area contributed by atoms with Gasteiger partial charge in [-0.1, -0.05) is 68.1 Å². The van der Waals surface area contributed by atoms with Crippen LogP contribution < -0.4 is 0 Å². The number of rotatable bonds is 5. The van der Waals surface area contributed by atoms with Crippen molar-refractivity contribution in [2.75, 3.05) is 0 Å². The maximum atomic E-state index is 4.17. The molecule has 0 heterocycles. The van der Waals surface area contributed by atoms with Gasteiger partial charge in [0.2, 0.25) is 0 Å². The van der Waals surface area contributed by atoms with E-state index in [-0.39, 0.29) is 0 Å². The molecule has 0 radical (unpaired) electrons. The van der Waals surface area contributed by atoms with Gasteiger partial charge in [0, 0.05) is 11.9 Å². The molecule has 0 atom stereocenters. The Labute approximate surface area is 130 Å². The highest BCUT2D eigenvalue weighted by atomic mass is 14.7. The van der Waals surface area contributed by atoms with Crippen molar-refractivity contribution in [2.45, 2.75) is 34.1 Å². The lowest BCUT2D eigenvalue weighted by atomic mass is 10.2. The molecule has 1 nitrogen and oxygen atoms in total. The molecule has 0 aromatic heterocycles. The van der Waals surface area contributed by atoms with Gasteiger partial charge >= 0.3 is 0 Å². The average Bonchev–Trinajstić information content (AvgIpc) is 2.55. The Balaban J connectivity index is 0.000000423. The summed E-state index contributed by atoms with van der Waals surface area (Å²) in [5.41, 5.74) is 3.50. The Morgan fingerprint density at radius 2 is 1.81 bits per heavy atom. The monoisotopic (exact) mass is 281 g/mol. The summed E-state index contributed by atoms with van der Waals surface area (Å²) in [7, 11) is 0. The van der Waals surface area contributed by atoms with Gasteiger partial charge in [0.15, 0.2) is 0 Å². The number of aryl methyl sites for hydroxylation is 1. The Kier molecular flexibility index (Phi) is 11.5. The minimum atomic E-state index is 0.985. The first-order chi connectivity index (χ1) is 10.2. The lowest BCUT2D eigenvalue weighted by Gasteiger charge is -1.90. The molecule has 112 valence electrons. The standard InChI is InChI=1S/C12H17N.C8H10/c1-5-10-13-11(4)8-9-12(6-2)7-3;1-2-8-6-4-3-5-7-8/h5-10H,2H2,1,3-4H3;3-7H,2H2,1H3/b9-8-,10-5-,12-7-,13-11-;. The molecule has 0 amide bonds. The van der Waals surface area contributed by atoms with Crippen LogP contribution >= 0.6 is 0 Å². The fourth-order valence-corrected chi connectivity index (χ4v) is 1.45. The van der Waals surface area contributed by atoms with E-state index in [0.717, 1.165) is 17.7 Å². The highest BCUT2D eigenvalue weighted by Gasteiger charge is 1.83. The van der Waals surface area contributed by atoms with E-state index in [1.165, 1.54) is 5.56 Å². The normalized spacial score (nSPS) is 12.4. The highest BCUT2D eigenvalue weighted by molar-refractivity contribution is 5.93. The summed E-state index contributed by atoms with van der Waals surface area (Å²) in [5, 5.41) is 0. The number of benzene rings is 1. The third-order valence-corrected chi connectivity index (χ3v) is 2.76. The Bertz CT molecular complexity index is 502. The maximum Gasteiger partial charge on any atom is 0.0372 e. The van der Waals surface area contributed by atoms with E-state index in [0.29, 0.717) is 0 Å². The van der Waals surface area contributed by atoms with Crippen molar-refractivity contribution in [3.05, 3.63) is 84.6 Å². The molecule has 1 rings (SSSR count). The fraction of sp³-hybridized carbons (Fsp3) is 0.250. The molecule has 0 spiro atoms. The topological polar surface area (TPSA) is 12.4 Å². The zero-order valence-corrected chi connectivity index (χ0v) is 13.7. The molecule has 21 heavy (non-hydrogen) atoms. The van der Waals surface area contributed by atoms with E-state index in [9.17, 15) is 0 Å². The van der Waals surface area contributed by atoms with Crippen LogP contribution in [0.2, 0.25) is 0 Å².